The summed E-state index contributed by atoms with van der Waals surface area (Å²) < 4.78 is 0. The van der Waals surface area contributed by atoms with E-state index in [1.54, 1.807) is 0 Å². The van der Waals surface area contributed by atoms with E-state index in [-0.39, 0.29) is 0 Å². The molecule has 0 nitrogen and oxygen atoms in total. The highest BCUT2D eigenvalue weighted by molar-refractivity contribution is 4.82. The van der Waals surface area contributed by atoms with Crippen LogP contribution in [0.25, 0.3) is 0 Å². The zero-order valence-electron chi connectivity index (χ0n) is 11.4. The first kappa shape index (κ1) is 14.7. The van der Waals surface area contributed by atoms with Gasteiger partial charge in [-0.05, 0) is 37.0 Å². The quantitative estimate of drug-likeness (QED) is 0.468. The highest BCUT2D eigenvalue weighted by atomic mass is 14.2. The Kier molecular flexibility index (Phi) is 8.85. The lowest BCUT2D eigenvalue weighted by Crippen LogP contribution is -2.13. The Morgan fingerprint density at radius 3 is 2.07 bits per heavy atom. The molecule has 0 heteroatoms. The van der Waals surface area contributed by atoms with Crippen LogP contribution in [0.5, 0.6) is 0 Å². The first-order chi connectivity index (χ1) is 7.15. The third kappa shape index (κ3) is 6.76. The molecule has 0 heterocycles. The minimum absolute atomic E-state index is 0.853. The van der Waals surface area contributed by atoms with E-state index in [1.807, 2.05) is 0 Å². The predicted octanol–water partition coefficient (Wildman–Crippen LogP) is 5.44. The van der Waals surface area contributed by atoms with Crippen LogP contribution in [0.1, 0.15) is 66.7 Å². The van der Waals surface area contributed by atoms with E-state index in [9.17, 15) is 0 Å². The fraction of sp³-hybridized carbons (Fsp3) is 0.867. The molecule has 0 radical (unpaired) electrons. The van der Waals surface area contributed by atoms with Gasteiger partial charge in [0.25, 0.3) is 0 Å². The molecule has 0 aliphatic carbocycles. The molecule has 0 rings (SSSR count). The second kappa shape index (κ2) is 9.00. The number of allylic oxidation sites excluding steroid dienone is 2. The van der Waals surface area contributed by atoms with Gasteiger partial charge < -0.3 is 0 Å². The molecule has 0 bridgehead atoms. The maximum atomic E-state index is 2.41. The first-order valence-corrected chi connectivity index (χ1v) is 6.80. The Labute approximate surface area is 97.2 Å². The van der Waals surface area contributed by atoms with Crippen molar-refractivity contribution in [2.75, 3.05) is 0 Å². The van der Waals surface area contributed by atoms with Crippen LogP contribution in [0.3, 0.4) is 0 Å². The Bertz CT molecular complexity index is 157. The van der Waals surface area contributed by atoms with Gasteiger partial charge in [0.1, 0.15) is 0 Å². The Balaban J connectivity index is 3.89. The van der Waals surface area contributed by atoms with Crippen molar-refractivity contribution in [3.63, 3.8) is 0 Å². The molecule has 0 amide bonds. The van der Waals surface area contributed by atoms with Gasteiger partial charge in [-0.25, -0.2) is 0 Å². The normalized spacial score (nSPS) is 17.9. The highest BCUT2D eigenvalue weighted by Crippen LogP contribution is 2.27. The van der Waals surface area contributed by atoms with Crippen LogP contribution < -0.4 is 0 Å². The molecule has 0 aromatic heterocycles. The third-order valence-corrected chi connectivity index (χ3v) is 3.62. The Hall–Kier alpha value is -0.260. The van der Waals surface area contributed by atoms with Crippen molar-refractivity contribution in [2.24, 2.45) is 17.8 Å². The molecule has 0 saturated carbocycles. The zero-order valence-corrected chi connectivity index (χ0v) is 11.4. The molecule has 15 heavy (non-hydrogen) atoms. The van der Waals surface area contributed by atoms with E-state index in [2.05, 4.69) is 46.8 Å². The smallest absolute Gasteiger partial charge is 0.0325 e. The minimum atomic E-state index is 0.853. The maximum Gasteiger partial charge on any atom is -0.0325 e. The third-order valence-electron chi connectivity index (χ3n) is 3.62. The van der Waals surface area contributed by atoms with Gasteiger partial charge in [-0.3, -0.25) is 0 Å². The lowest BCUT2D eigenvalue weighted by atomic mass is 9.82. The van der Waals surface area contributed by atoms with E-state index < -0.39 is 0 Å². The Morgan fingerprint density at radius 1 is 0.933 bits per heavy atom. The number of hydrogen-bond acceptors (Lipinski definition) is 0. The summed E-state index contributed by atoms with van der Waals surface area (Å²) >= 11 is 0. The molecule has 0 N–H and O–H groups in total. The summed E-state index contributed by atoms with van der Waals surface area (Å²) in [5, 5.41) is 0. The average Bonchev–Trinajstić information content (AvgIpc) is 2.25. The molecular weight excluding hydrogens is 180 g/mol. The van der Waals surface area contributed by atoms with Crippen LogP contribution in [-0.4, -0.2) is 0 Å². The molecule has 0 aromatic rings. The van der Waals surface area contributed by atoms with E-state index in [0.29, 0.717) is 0 Å². The monoisotopic (exact) mass is 210 g/mol. The van der Waals surface area contributed by atoms with Gasteiger partial charge in [-0.1, -0.05) is 59.6 Å². The van der Waals surface area contributed by atoms with Crippen LogP contribution in [0.4, 0.5) is 0 Å². The van der Waals surface area contributed by atoms with Crippen molar-refractivity contribution in [3.05, 3.63) is 12.2 Å². The van der Waals surface area contributed by atoms with Crippen LogP contribution in [0.15, 0.2) is 12.2 Å². The fourth-order valence-electron chi connectivity index (χ4n) is 2.24. The fourth-order valence-corrected chi connectivity index (χ4v) is 2.24. The summed E-state index contributed by atoms with van der Waals surface area (Å²) in [6.07, 6.45) is 11.2. The molecule has 0 fully saturated rings. The van der Waals surface area contributed by atoms with Crippen molar-refractivity contribution in [1.82, 2.24) is 0 Å². The standard InChI is InChI=1S/C15H30/c1-6-9-10-11-13(4)12-15(8-3)14(5)7-2/h9-10,13-15H,6-8,11-12H2,1-5H3. The average molecular weight is 210 g/mol. The SMILES string of the molecule is CCC=CCC(C)CC(CC)C(C)CC. The maximum absolute atomic E-state index is 2.41. The Morgan fingerprint density at radius 2 is 1.60 bits per heavy atom. The summed E-state index contributed by atoms with van der Waals surface area (Å²) in [4.78, 5) is 0. The predicted molar refractivity (Wildman–Crippen MR) is 71.1 cm³/mol. The van der Waals surface area contributed by atoms with Gasteiger partial charge in [0, 0.05) is 0 Å². The lowest BCUT2D eigenvalue weighted by Gasteiger charge is -2.24. The van der Waals surface area contributed by atoms with Crippen LogP contribution in [0, 0.1) is 17.8 Å². The van der Waals surface area contributed by atoms with Crippen LogP contribution >= 0.6 is 0 Å². The second-order valence-corrected chi connectivity index (χ2v) is 5.01. The molecule has 0 aromatic carbocycles. The zero-order chi connectivity index (χ0) is 11.7. The molecule has 0 spiro atoms. The van der Waals surface area contributed by atoms with Gasteiger partial charge in [-0.2, -0.15) is 0 Å². The van der Waals surface area contributed by atoms with Crippen molar-refractivity contribution in [1.29, 1.82) is 0 Å². The van der Waals surface area contributed by atoms with Crippen molar-refractivity contribution >= 4 is 0 Å². The molecule has 0 saturated heterocycles. The summed E-state index contributed by atoms with van der Waals surface area (Å²) in [6, 6.07) is 0. The van der Waals surface area contributed by atoms with Gasteiger partial charge in [0.2, 0.25) is 0 Å². The molecule has 0 aliphatic rings. The molecule has 90 valence electrons. The van der Waals surface area contributed by atoms with E-state index >= 15 is 0 Å². The molecular formula is C15H30. The summed E-state index contributed by atoms with van der Waals surface area (Å²) in [5.74, 6) is 2.68. The largest absolute Gasteiger partial charge is 0.0888 e. The van der Waals surface area contributed by atoms with Gasteiger partial charge in [0.05, 0.1) is 0 Å². The summed E-state index contributed by atoms with van der Waals surface area (Å²) in [6.45, 7) is 11.7. The molecule has 3 unspecified atom stereocenters. The van der Waals surface area contributed by atoms with Crippen molar-refractivity contribution in [2.45, 2.75) is 66.7 Å². The van der Waals surface area contributed by atoms with Crippen molar-refractivity contribution in [3.8, 4) is 0 Å². The van der Waals surface area contributed by atoms with Gasteiger partial charge in [-0.15, -0.1) is 0 Å². The first-order valence-electron chi connectivity index (χ1n) is 6.80. The molecule has 3 atom stereocenters. The topological polar surface area (TPSA) is 0 Å². The summed E-state index contributed by atoms with van der Waals surface area (Å²) in [7, 11) is 0. The number of hydrogen-bond donors (Lipinski definition) is 0. The van der Waals surface area contributed by atoms with Crippen LogP contribution in [0.2, 0.25) is 0 Å². The highest BCUT2D eigenvalue weighted by Gasteiger charge is 2.16. The van der Waals surface area contributed by atoms with Gasteiger partial charge >= 0.3 is 0 Å². The molecule has 0 aliphatic heterocycles. The van der Waals surface area contributed by atoms with E-state index in [0.717, 1.165) is 17.8 Å². The van der Waals surface area contributed by atoms with Crippen LogP contribution in [-0.2, 0) is 0 Å². The van der Waals surface area contributed by atoms with Gasteiger partial charge in [0.15, 0.2) is 0 Å². The second-order valence-electron chi connectivity index (χ2n) is 5.01. The van der Waals surface area contributed by atoms with E-state index in [1.165, 1.54) is 32.1 Å². The van der Waals surface area contributed by atoms with Crippen molar-refractivity contribution < 1.29 is 0 Å². The summed E-state index contributed by atoms with van der Waals surface area (Å²) in [5.41, 5.74) is 0. The minimum Gasteiger partial charge on any atom is -0.0888 e. The lowest BCUT2D eigenvalue weighted by molar-refractivity contribution is 0.276. The van der Waals surface area contributed by atoms with E-state index in [4.69, 9.17) is 0 Å². The number of rotatable bonds is 8.